The highest BCUT2D eigenvalue weighted by atomic mass is 19.4. The van der Waals surface area contributed by atoms with Crippen LogP contribution in [0.15, 0.2) is 18.2 Å². The van der Waals surface area contributed by atoms with Gasteiger partial charge in [-0.25, -0.2) is 4.39 Å². The average Bonchev–Trinajstić information content (AvgIpc) is 2.45. The monoisotopic (exact) mass is 306 g/mol. The van der Waals surface area contributed by atoms with Gasteiger partial charge >= 0.3 is 6.18 Å². The smallest absolute Gasteiger partial charge is 0.392 e. The number of halogens is 4. The molecule has 1 aromatic carbocycles. The molecule has 0 spiro atoms. The normalized spacial score (nSPS) is 24.7. The number of ether oxygens (including phenoxy) is 1. The third-order valence-electron chi connectivity index (χ3n) is 4.17. The molecule has 0 bridgehead atoms. The number of rotatable bonds is 3. The van der Waals surface area contributed by atoms with Crippen LogP contribution in [0.3, 0.4) is 0 Å². The molecule has 0 amide bonds. The first kappa shape index (κ1) is 16.1. The van der Waals surface area contributed by atoms with Crippen LogP contribution in [0.5, 0.6) is 5.75 Å². The van der Waals surface area contributed by atoms with Crippen molar-refractivity contribution >= 4 is 0 Å². The number of aliphatic hydroxyl groups excluding tert-OH is 1. The molecule has 1 aliphatic rings. The molecular weight excluding hydrogens is 288 g/mol. The molecule has 3 atom stereocenters. The van der Waals surface area contributed by atoms with Crippen molar-refractivity contribution in [1.82, 2.24) is 0 Å². The van der Waals surface area contributed by atoms with Crippen molar-refractivity contribution in [2.75, 3.05) is 7.11 Å². The Kier molecular flexibility index (Phi) is 4.76. The van der Waals surface area contributed by atoms with Crippen LogP contribution in [-0.4, -0.2) is 18.4 Å². The second-order valence-electron chi connectivity index (χ2n) is 5.43. The third-order valence-corrected chi connectivity index (χ3v) is 4.17. The van der Waals surface area contributed by atoms with E-state index in [9.17, 15) is 22.7 Å². The first-order valence-corrected chi connectivity index (χ1v) is 6.93. The van der Waals surface area contributed by atoms with Gasteiger partial charge in [-0.2, -0.15) is 13.2 Å². The van der Waals surface area contributed by atoms with Crippen LogP contribution in [0.2, 0.25) is 0 Å². The lowest BCUT2D eigenvalue weighted by Gasteiger charge is -2.36. The van der Waals surface area contributed by atoms with Gasteiger partial charge in [0, 0.05) is 17.5 Å². The van der Waals surface area contributed by atoms with Crippen molar-refractivity contribution in [3.63, 3.8) is 0 Å². The highest BCUT2D eigenvalue weighted by molar-refractivity contribution is 5.30. The summed E-state index contributed by atoms with van der Waals surface area (Å²) in [6, 6.07) is 3.80. The van der Waals surface area contributed by atoms with Gasteiger partial charge in [0.05, 0.1) is 19.1 Å². The highest BCUT2D eigenvalue weighted by Gasteiger charge is 2.48. The van der Waals surface area contributed by atoms with Gasteiger partial charge in [0.15, 0.2) is 0 Å². The summed E-state index contributed by atoms with van der Waals surface area (Å²) in [4.78, 5) is 0. The Hall–Kier alpha value is -1.30. The molecule has 0 aromatic heterocycles. The summed E-state index contributed by atoms with van der Waals surface area (Å²) in [5.41, 5.74) is -0.100. The predicted molar refractivity (Wildman–Crippen MR) is 69.4 cm³/mol. The molecule has 0 radical (unpaired) electrons. The minimum atomic E-state index is -4.37. The van der Waals surface area contributed by atoms with E-state index in [1.807, 2.05) is 0 Å². The lowest BCUT2D eigenvalue weighted by molar-refractivity contribution is -0.207. The number of alkyl halides is 3. The molecule has 21 heavy (non-hydrogen) atoms. The summed E-state index contributed by atoms with van der Waals surface area (Å²) in [6.07, 6.45) is -4.48. The van der Waals surface area contributed by atoms with Gasteiger partial charge in [0.2, 0.25) is 0 Å². The van der Waals surface area contributed by atoms with E-state index < -0.39 is 29.9 Å². The van der Waals surface area contributed by atoms with Crippen molar-refractivity contribution in [1.29, 1.82) is 0 Å². The second kappa shape index (κ2) is 6.22. The van der Waals surface area contributed by atoms with Crippen LogP contribution in [0.4, 0.5) is 17.6 Å². The van der Waals surface area contributed by atoms with Crippen LogP contribution in [0, 0.1) is 17.7 Å². The Bertz CT molecular complexity index is 487. The van der Waals surface area contributed by atoms with Crippen LogP contribution in [0.25, 0.3) is 0 Å². The van der Waals surface area contributed by atoms with Crippen molar-refractivity contribution < 1.29 is 27.4 Å². The van der Waals surface area contributed by atoms with Gasteiger partial charge in [-0.15, -0.1) is 0 Å². The molecule has 1 fully saturated rings. The van der Waals surface area contributed by atoms with E-state index in [4.69, 9.17) is 4.74 Å². The SMILES string of the molecule is COc1ccc(C(O)C2CCCCC2C(F)(F)F)c(F)c1. The van der Waals surface area contributed by atoms with E-state index in [1.165, 1.54) is 19.2 Å². The second-order valence-corrected chi connectivity index (χ2v) is 5.43. The van der Waals surface area contributed by atoms with Crippen molar-refractivity contribution in [2.45, 2.75) is 38.0 Å². The van der Waals surface area contributed by atoms with Crippen LogP contribution in [-0.2, 0) is 0 Å². The maximum atomic E-state index is 13.9. The number of aliphatic hydroxyl groups is 1. The molecule has 0 heterocycles. The lowest BCUT2D eigenvalue weighted by atomic mass is 9.74. The largest absolute Gasteiger partial charge is 0.497 e. The maximum Gasteiger partial charge on any atom is 0.392 e. The number of methoxy groups -OCH3 is 1. The summed E-state index contributed by atoms with van der Waals surface area (Å²) in [7, 11) is 1.37. The van der Waals surface area contributed by atoms with Gasteiger partial charge in [-0.3, -0.25) is 0 Å². The van der Waals surface area contributed by atoms with Crippen molar-refractivity contribution in [2.24, 2.45) is 11.8 Å². The average molecular weight is 306 g/mol. The molecule has 1 aromatic rings. The zero-order chi connectivity index (χ0) is 15.6. The summed E-state index contributed by atoms with van der Waals surface area (Å²) >= 11 is 0. The maximum absolute atomic E-state index is 13.9. The minimum absolute atomic E-state index is 0.0109. The van der Waals surface area contributed by atoms with Crippen LogP contribution < -0.4 is 4.74 Å². The number of benzene rings is 1. The van der Waals surface area contributed by atoms with Gasteiger partial charge in [0.1, 0.15) is 11.6 Å². The fourth-order valence-electron chi connectivity index (χ4n) is 3.05. The fourth-order valence-corrected chi connectivity index (χ4v) is 3.05. The zero-order valence-corrected chi connectivity index (χ0v) is 11.7. The van der Waals surface area contributed by atoms with Gasteiger partial charge in [-0.05, 0) is 25.0 Å². The van der Waals surface area contributed by atoms with E-state index >= 15 is 0 Å². The number of hydrogen-bond donors (Lipinski definition) is 1. The highest BCUT2D eigenvalue weighted by Crippen LogP contribution is 2.46. The Balaban J connectivity index is 2.26. The first-order valence-electron chi connectivity index (χ1n) is 6.93. The molecule has 2 rings (SSSR count). The van der Waals surface area contributed by atoms with E-state index in [-0.39, 0.29) is 24.2 Å². The molecule has 6 heteroatoms. The van der Waals surface area contributed by atoms with Gasteiger partial charge < -0.3 is 9.84 Å². The first-order chi connectivity index (χ1) is 9.84. The Morgan fingerprint density at radius 2 is 1.90 bits per heavy atom. The van der Waals surface area contributed by atoms with E-state index in [0.29, 0.717) is 12.8 Å². The van der Waals surface area contributed by atoms with E-state index in [0.717, 1.165) is 6.07 Å². The molecule has 1 saturated carbocycles. The topological polar surface area (TPSA) is 29.5 Å². The summed E-state index contributed by atoms with van der Waals surface area (Å²) in [6.45, 7) is 0. The minimum Gasteiger partial charge on any atom is -0.497 e. The molecule has 2 nitrogen and oxygen atoms in total. The molecule has 118 valence electrons. The summed E-state index contributed by atoms with van der Waals surface area (Å²) in [5, 5.41) is 10.2. The Morgan fingerprint density at radius 1 is 1.24 bits per heavy atom. The van der Waals surface area contributed by atoms with Crippen LogP contribution >= 0.6 is 0 Å². The van der Waals surface area contributed by atoms with E-state index in [2.05, 4.69) is 0 Å². The fraction of sp³-hybridized carbons (Fsp3) is 0.600. The van der Waals surface area contributed by atoms with Crippen molar-refractivity contribution in [3.8, 4) is 5.75 Å². The molecule has 1 N–H and O–H groups in total. The Morgan fingerprint density at radius 3 is 2.48 bits per heavy atom. The van der Waals surface area contributed by atoms with Gasteiger partial charge in [0.25, 0.3) is 0 Å². The molecule has 3 unspecified atom stereocenters. The molecule has 0 aliphatic heterocycles. The van der Waals surface area contributed by atoms with E-state index in [1.54, 1.807) is 0 Å². The van der Waals surface area contributed by atoms with Crippen molar-refractivity contribution in [3.05, 3.63) is 29.6 Å². The lowest BCUT2D eigenvalue weighted by Crippen LogP contribution is -2.36. The van der Waals surface area contributed by atoms with Gasteiger partial charge in [-0.1, -0.05) is 12.8 Å². The van der Waals surface area contributed by atoms with Crippen LogP contribution in [0.1, 0.15) is 37.4 Å². The number of hydrogen-bond acceptors (Lipinski definition) is 2. The summed E-state index contributed by atoms with van der Waals surface area (Å²) < 4.78 is 58.0. The molecule has 0 saturated heterocycles. The third kappa shape index (κ3) is 3.48. The predicted octanol–water partition coefficient (Wildman–Crippen LogP) is 4.24. The standard InChI is InChI=1S/C15H18F4O2/c1-21-9-6-7-11(13(16)8-9)14(20)10-4-2-3-5-12(10)15(17,18)19/h6-8,10,12,14,20H,2-5H2,1H3. The summed E-state index contributed by atoms with van der Waals surface area (Å²) in [5.74, 6) is -3.06. The molecule has 1 aliphatic carbocycles. The Labute approximate surface area is 120 Å². The zero-order valence-electron chi connectivity index (χ0n) is 11.7. The molecular formula is C15H18F4O2. The quantitative estimate of drug-likeness (QED) is 0.847.